The molecule has 7 nitrogen and oxygen atoms in total. The zero-order valence-electron chi connectivity index (χ0n) is 13.6. The molecule has 8 heteroatoms. The number of thioether (sulfide) groups is 1. The van der Waals surface area contributed by atoms with Gasteiger partial charge in [0.05, 0.1) is 5.75 Å². The summed E-state index contributed by atoms with van der Waals surface area (Å²) >= 11 is 1.28. The lowest BCUT2D eigenvalue weighted by Gasteiger charge is -2.22. The van der Waals surface area contributed by atoms with E-state index in [4.69, 9.17) is 5.73 Å². The number of carbonyl (C=O) groups excluding carboxylic acids is 2. The average molecular weight is 347 g/mol. The average Bonchev–Trinajstić information content (AvgIpc) is 3.05. The summed E-state index contributed by atoms with van der Waals surface area (Å²) in [5.74, 6) is 0.509. The number of aromatic nitrogens is 3. The number of amides is 2. The summed E-state index contributed by atoms with van der Waals surface area (Å²) in [5.41, 5.74) is 6.22. The van der Waals surface area contributed by atoms with Gasteiger partial charge in [0.2, 0.25) is 17.0 Å². The molecule has 0 fully saturated rings. The van der Waals surface area contributed by atoms with Gasteiger partial charge in [-0.25, -0.2) is 4.98 Å². The lowest BCUT2D eigenvalue weighted by Crippen LogP contribution is -2.34. The van der Waals surface area contributed by atoms with Gasteiger partial charge in [-0.15, -0.1) is 5.10 Å². The van der Waals surface area contributed by atoms with Gasteiger partial charge in [-0.1, -0.05) is 49.0 Å². The van der Waals surface area contributed by atoms with Crippen LogP contribution < -0.4 is 5.73 Å². The molecule has 1 aromatic heterocycles. The first-order valence-electron chi connectivity index (χ1n) is 7.72. The van der Waals surface area contributed by atoms with Gasteiger partial charge < -0.3 is 10.6 Å². The molecule has 1 aromatic carbocycles. The molecule has 128 valence electrons. The van der Waals surface area contributed by atoms with E-state index >= 15 is 0 Å². The van der Waals surface area contributed by atoms with Crippen LogP contribution in [-0.4, -0.2) is 44.2 Å². The Morgan fingerprint density at radius 3 is 2.67 bits per heavy atom. The fraction of sp³-hybridized carbons (Fsp3) is 0.375. The normalized spacial score (nSPS) is 10.5. The van der Waals surface area contributed by atoms with Crippen molar-refractivity contribution in [3.05, 3.63) is 41.7 Å². The number of hydrogen-bond acceptors (Lipinski definition) is 5. The number of nitrogens with one attached hydrogen (secondary N) is 1. The second-order valence-corrected chi connectivity index (χ2v) is 6.17. The van der Waals surface area contributed by atoms with Crippen LogP contribution in [0, 0.1) is 0 Å². The Bertz CT molecular complexity index is 674. The third kappa shape index (κ3) is 5.69. The molecule has 24 heavy (non-hydrogen) atoms. The predicted molar refractivity (Wildman–Crippen MR) is 92.2 cm³/mol. The lowest BCUT2D eigenvalue weighted by atomic mass is 10.2. The van der Waals surface area contributed by atoms with Crippen molar-refractivity contribution in [1.29, 1.82) is 0 Å². The number of rotatable bonds is 9. The van der Waals surface area contributed by atoms with Crippen LogP contribution in [0.15, 0.2) is 35.5 Å². The molecule has 2 amide bonds. The first kappa shape index (κ1) is 18.0. The van der Waals surface area contributed by atoms with E-state index in [9.17, 15) is 9.59 Å². The zero-order valence-corrected chi connectivity index (χ0v) is 14.4. The van der Waals surface area contributed by atoms with E-state index in [1.54, 1.807) is 4.90 Å². The molecule has 0 spiro atoms. The number of primary amides is 1. The third-order valence-corrected chi connectivity index (χ3v) is 4.20. The Morgan fingerprint density at radius 1 is 1.29 bits per heavy atom. The number of hydrogen-bond donors (Lipinski definition) is 2. The van der Waals surface area contributed by atoms with Gasteiger partial charge in [-0.05, 0) is 5.56 Å². The predicted octanol–water partition coefficient (Wildman–Crippen LogP) is 1.36. The van der Waals surface area contributed by atoms with Crippen molar-refractivity contribution < 1.29 is 9.59 Å². The van der Waals surface area contributed by atoms with Gasteiger partial charge in [-0.2, -0.15) is 0 Å². The molecule has 2 rings (SSSR count). The second-order valence-electron chi connectivity index (χ2n) is 5.22. The second kappa shape index (κ2) is 9.07. The quantitative estimate of drug-likeness (QED) is 0.667. The smallest absolute Gasteiger partial charge is 0.233 e. The first-order chi connectivity index (χ1) is 11.6. The highest BCUT2D eigenvalue weighted by molar-refractivity contribution is 7.99. The maximum Gasteiger partial charge on any atom is 0.233 e. The Balaban J connectivity index is 1.96. The van der Waals surface area contributed by atoms with E-state index in [2.05, 4.69) is 15.2 Å². The molecule has 1 heterocycles. The molecule has 0 unspecified atom stereocenters. The van der Waals surface area contributed by atoms with Crippen molar-refractivity contribution >= 4 is 23.6 Å². The van der Waals surface area contributed by atoms with Gasteiger partial charge in [0.1, 0.15) is 5.82 Å². The topological polar surface area (TPSA) is 105 Å². The third-order valence-electron chi connectivity index (χ3n) is 3.37. The summed E-state index contributed by atoms with van der Waals surface area (Å²) in [7, 11) is 0. The summed E-state index contributed by atoms with van der Waals surface area (Å²) in [6.07, 6.45) is 0.907. The SMILES string of the molecule is CCc1nc(SCC(=O)N(CCC(N)=O)Cc2ccccc2)n[nH]1. The van der Waals surface area contributed by atoms with Gasteiger partial charge in [0, 0.05) is 25.9 Å². The highest BCUT2D eigenvalue weighted by Gasteiger charge is 2.16. The number of H-pyrrole nitrogens is 1. The van der Waals surface area contributed by atoms with Crippen molar-refractivity contribution in [1.82, 2.24) is 20.1 Å². The Labute approximate surface area is 145 Å². The number of aromatic amines is 1. The maximum absolute atomic E-state index is 12.5. The molecule has 3 N–H and O–H groups in total. The van der Waals surface area contributed by atoms with Gasteiger partial charge >= 0.3 is 0 Å². The number of carbonyl (C=O) groups is 2. The molecule has 0 aliphatic carbocycles. The Kier molecular flexibility index (Phi) is 6.80. The van der Waals surface area contributed by atoms with Crippen LogP contribution in [0.1, 0.15) is 24.7 Å². The van der Waals surface area contributed by atoms with E-state index in [-0.39, 0.29) is 18.1 Å². The van der Waals surface area contributed by atoms with Crippen LogP contribution in [0.5, 0.6) is 0 Å². The molecule has 0 atom stereocenters. The minimum absolute atomic E-state index is 0.0760. The largest absolute Gasteiger partial charge is 0.370 e. The fourth-order valence-electron chi connectivity index (χ4n) is 2.06. The summed E-state index contributed by atoms with van der Waals surface area (Å²) in [4.78, 5) is 29.5. The Morgan fingerprint density at radius 2 is 2.04 bits per heavy atom. The molecule has 0 radical (unpaired) electrons. The van der Waals surface area contributed by atoms with E-state index in [0.29, 0.717) is 18.2 Å². The number of nitrogens with two attached hydrogens (primary N) is 1. The van der Waals surface area contributed by atoms with Crippen LogP contribution in [-0.2, 0) is 22.6 Å². The van der Waals surface area contributed by atoms with Crippen LogP contribution >= 0.6 is 11.8 Å². The highest BCUT2D eigenvalue weighted by Crippen LogP contribution is 2.15. The van der Waals surface area contributed by atoms with Crippen LogP contribution in [0.4, 0.5) is 0 Å². The number of benzene rings is 1. The van der Waals surface area contributed by atoms with Crippen LogP contribution in [0.25, 0.3) is 0 Å². The summed E-state index contributed by atoms with van der Waals surface area (Å²) in [6, 6.07) is 9.64. The molecule has 0 aliphatic rings. The van der Waals surface area contributed by atoms with Gasteiger partial charge in [0.15, 0.2) is 0 Å². The van der Waals surface area contributed by atoms with E-state index < -0.39 is 5.91 Å². The van der Waals surface area contributed by atoms with Crippen molar-refractivity contribution in [2.45, 2.75) is 31.5 Å². The molecule has 0 aliphatic heterocycles. The fourth-order valence-corrected chi connectivity index (χ4v) is 2.78. The molecule has 0 bridgehead atoms. The maximum atomic E-state index is 12.5. The minimum Gasteiger partial charge on any atom is -0.370 e. The van der Waals surface area contributed by atoms with Crippen LogP contribution in [0.3, 0.4) is 0 Å². The molecule has 2 aromatic rings. The summed E-state index contributed by atoms with van der Waals surface area (Å²) < 4.78 is 0. The van der Waals surface area contributed by atoms with E-state index in [0.717, 1.165) is 17.8 Å². The number of aryl methyl sites for hydroxylation is 1. The van der Waals surface area contributed by atoms with Crippen molar-refractivity contribution in [3.63, 3.8) is 0 Å². The lowest BCUT2D eigenvalue weighted by molar-refractivity contribution is -0.129. The van der Waals surface area contributed by atoms with Crippen LogP contribution in [0.2, 0.25) is 0 Å². The molecular weight excluding hydrogens is 326 g/mol. The monoisotopic (exact) mass is 347 g/mol. The van der Waals surface area contributed by atoms with Crippen molar-refractivity contribution in [2.24, 2.45) is 5.73 Å². The van der Waals surface area contributed by atoms with Crippen molar-refractivity contribution in [3.8, 4) is 0 Å². The van der Waals surface area contributed by atoms with Crippen molar-refractivity contribution in [2.75, 3.05) is 12.3 Å². The number of nitrogens with zero attached hydrogens (tertiary/aromatic N) is 3. The minimum atomic E-state index is -0.421. The zero-order chi connectivity index (χ0) is 17.4. The molecule has 0 saturated heterocycles. The summed E-state index contributed by atoms with van der Waals surface area (Å²) in [5, 5.41) is 7.43. The Hall–Kier alpha value is -2.35. The van der Waals surface area contributed by atoms with Gasteiger partial charge in [-0.3, -0.25) is 14.7 Å². The van der Waals surface area contributed by atoms with E-state index in [1.807, 2.05) is 37.3 Å². The van der Waals surface area contributed by atoms with Gasteiger partial charge in [0.25, 0.3) is 0 Å². The first-order valence-corrected chi connectivity index (χ1v) is 8.71. The van der Waals surface area contributed by atoms with E-state index in [1.165, 1.54) is 11.8 Å². The molecular formula is C16H21N5O2S. The standard InChI is InChI=1S/C16H21N5O2S/c1-2-14-18-16(20-19-14)24-11-15(23)21(9-8-13(17)22)10-12-6-4-3-5-7-12/h3-7H,2,8-11H2,1H3,(H2,17,22)(H,18,19,20). The highest BCUT2D eigenvalue weighted by atomic mass is 32.2. The summed E-state index contributed by atoms with van der Waals surface area (Å²) in [6.45, 7) is 2.73. The molecule has 0 saturated carbocycles.